The summed E-state index contributed by atoms with van der Waals surface area (Å²) in [7, 11) is -3.59. The van der Waals surface area contributed by atoms with Crippen LogP contribution in [0, 0.1) is 12.7 Å². The van der Waals surface area contributed by atoms with Crippen LogP contribution in [0.15, 0.2) is 47.4 Å². The number of morpholine rings is 1. The van der Waals surface area contributed by atoms with Gasteiger partial charge in [0, 0.05) is 13.1 Å². The number of rotatable bonds is 7. The number of amides is 1. The molecule has 0 unspecified atom stereocenters. The van der Waals surface area contributed by atoms with Gasteiger partial charge in [0.15, 0.2) is 6.61 Å². The normalized spacial score (nSPS) is 16.1. The Labute approximate surface area is 175 Å². The fourth-order valence-corrected chi connectivity index (χ4v) is 4.64. The summed E-state index contributed by atoms with van der Waals surface area (Å²) in [6, 6.07) is 10.2. The summed E-state index contributed by atoms with van der Waals surface area (Å²) in [5.41, 5.74) is 1.39. The molecule has 7 nitrogen and oxygen atoms in total. The Bertz CT molecular complexity index is 989. The highest BCUT2D eigenvalue weighted by Gasteiger charge is 2.26. The summed E-state index contributed by atoms with van der Waals surface area (Å²) in [5, 5.41) is 2.78. The van der Waals surface area contributed by atoms with E-state index in [2.05, 4.69) is 5.32 Å². The maximum absolute atomic E-state index is 13.0. The summed E-state index contributed by atoms with van der Waals surface area (Å²) in [4.78, 5) is 12.4. The standard InChI is InChI=1S/C21H25FN2O5S/c1-15-13-19(30(26,27)24-9-11-28-12-10-24)7-8-20(15)29-14-21(25)23-16(2)17-3-5-18(22)6-4-17/h3-8,13,16H,9-12,14H2,1-2H3,(H,23,25)/t16-/m0/s1. The van der Waals surface area contributed by atoms with Crippen molar-refractivity contribution in [3.63, 3.8) is 0 Å². The van der Waals surface area contributed by atoms with Gasteiger partial charge in [-0.25, -0.2) is 12.8 Å². The number of ether oxygens (including phenoxy) is 2. The molecule has 1 aliphatic heterocycles. The third-order valence-corrected chi connectivity index (χ3v) is 6.76. The Kier molecular flexibility index (Phi) is 7.06. The maximum Gasteiger partial charge on any atom is 0.258 e. The van der Waals surface area contributed by atoms with E-state index in [0.29, 0.717) is 37.6 Å². The molecule has 1 fully saturated rings. The van der Waals surface area contributed by atoms with Crippen LogP contribution in [-0.2, 0) is 19.6 Å². The van der Waals surface area contributed by atoms with Crippen molar-refractivity contribution in [2.24, 2.45) is 0 Å². The van der Waals surface area contributed by atoms with Crippen molar-refractivity contribution in [3.05, 3.63) is 59.4 Å². The lowest BCUT2D eigenvalue weighted by Crippen LogP contribution is -2.40. The van der Waals surface area contributed by atoms with Crippen LogP contribution in [0.2, 0.25) is 0 Å². The molecule has 1 heterocycles. The van der Waals surface area contributed by atoms with Gasteiger partial charge in [0.1, 0.15) is 11.6 Å². The van der Waals surface area contributed by atoms with Crippen LogP contribution in [0.25, 0.3) is 0 Å². The van der Waals surface area contributed by atoms with Crippen LogP contribution in [0.1, 0.15) is 24.1 Å². The van der Waals surface area contributed by atoms with Crippen LogP contribution in [0.3, 0.4) is 0 Å². The second-order valence-corrected chi connectivity index (χ2v) is 9.01. The molecule has 1 amide bonds. The number of nitrogens with zero attached hydrogens (tertiary/aromatic N) is 1. The molecule has 162 valence electrons. The number of sulfonamides is 1. The van der Waals surface area contributed by atoms with E-state index in [0.717, 1.165) is 5.56 Å². The molecular formula is C21H25FN2O5S. The van der Waals surface area contributed by atoms with E-state index < -0.39 is 10.0 Å². The molecular weight excluding hydrogens is 411 g/mol. The van der Waals surface area contributed by atoms with Gasteiger partial charge in [-0.05, 0) is 55.3 Å². The molecule has 1 atom stereocenters. The molecule has 0 saturated carbocycles. The highest BCUT2D eigenvalue weighted by Crippen LogP contribution is 2.24. The summed E-state index contributed by atoms with van der Waals surface area (Å²) in [5.74, 6) is -0.244. The van der Waals surface area contributed by atoms with Crippen LogP contribution in [0.4, 0.5) is 4.39 Å². The molecule has 1 saturated heterocycles. The number of carbonyl (C=O) groups excluding carboxylic acids is 1. The minimum Gasteiger partial charge on any atom is -0.484 e. The van der Waals surface area contributed by atoms with Gasteiger partial charge in [-0.15, -0.1) is 0 Å². The number of carbonyl (C=O) groups is 1. The molecule has 1 aliphatic rings. The second-order valence-electron chi connectivity index (χ2n) is 7.07. The first-order chi connectivity index (χ1) is 14.3. The first-order valence-corrected chi connectivity index (χ1v) is 11.1. The number of nitrogens with one attached hydrogen (secondary N) is 1. The van der Waals surface area contributed by atoms with Crippen molar-refractivity contribution in [1.82, 2.24) is 9.62 Å². The SMILES string of the molecule is Cc1cc(S(=O)(=O)N2CCOCC2)ccc1OCC(=O)N[C@@H](C)c1ccc(F)cc1. The zero-order valence-corrected chi connectivity index (χ0v) is 17.7. The fourth-order valence-electron chi connectivity index (χ4n) is 3.14. The van der Waals surface area contributed by atoms with E-state index in [4.69, 9.17) is 9.47 Å². The fraction of sp³-hybridized carbons (Fsp3) is 0.381. The minimum absolute atomic E-state index is 0.184. The van der Waals surface area contributed by atoms with Gasteiger partial charge in [0.2, 0.25) is 10.0 Å². The summed E-state index contributed by atoms with van der Waals surface area (Å²) >= 11 is 0. The molecule has 0 aliphatic carbocycles. The van der Waals surface area contributed by atoms with E-state index in [1.807, 2.05) is 0 Å². The average molecular weight is 437 g/mol. The number of halogens is 1. The number of hydrogen-bond acceptors (Lipinski definition) is 5. The van der Waals surface area contributed by atoms with E-state index in [-0.39, 0.29) is 29.3 Å². The monoisotopic (exact) mass is 436 g/mol. The quantitative estimate of drug-likeness (QED) is 0.721. The van der Waals surface area contributed by atoms with Crippen molar-refractivity contribution in [1.29, 1.82) is 0 Å². The van der Waals surface area contributed by atoms with Crippen molar-refractivity contribution in [2.45, 2.75) is 24.8 Å². The minimum atomic E-state index is -3.59. The molecule has 0 spiro atoms. The van der Waals surface area contributed by atoms with Gasteiger partial charge in [-0.3, -0.25) is 4.79 Å². The van der Waals surface area contributed by atoms with Gasteiger partial charge < -0.3 is 14.8 Å². The summed E-state index contributed by atoms with van der Waals surface area (Å²) in [6.07, 6.45) is 0. The predicted molar refractivity (Wildman–Crippen MR) is 109 cm³/mol. The van der Waals surface area contributed by atoms with Crippen LogP contribution >= 0.6 is 0 Å². The van der Waals surface area contributed by atoms with Crippen LogP contribution < -0.4 is 10.1 Å². The van der Waals surface area contributed by atoms with E-state index in [1.165, 1.54) is 22.5 Å². The number of hydrogen-bond donors (Lipinski definition) is 1. The first-order valence-electron chi connectivity index (χ1n) is 9.63. The van der Waals surface area contributed by atoms with Crippen molar-refractivity contribution >= 4 is 15.9 Å². The van der Waals surface area contributed by atoms with Gasteiger partial charge >= 0.3 is 0 Å². The third-order valence-electron chi connectivity index (χ3n) is 4.86. The van der Waals surface area contributed by atoms with Crippen molar-refractivity contribution in [3.8, 4) is 5.75 Å². The second kappa shape index (κ2) is 9.55. The highest BCUT2D eigenvalue weighted by atomic mass is 32.2. The average Bonchev–Trinajstić information content (AvgIpc) is 2.73. The van der Waals surface area contributed by atoms with Crippen molar-refractivity contribution < 1.29 is 27.1 Å². The number of benzene rings is 2. The van der Waals surface area contributed by atoms with Gasteiger partial charge in [-0.1, -0.05) is 12.1 Å². The first kappa shape index (κ1) is 22.2. The molecule has 1 N–H and O–H groups in total. The Morgan fingerprint density at radius 3 is 2.50 bits per heavy atom. The van der Waals surface area contributed by atoms with E-state index in [1.54, 1.807) is 38.1 Å². The van der Waals surface area contributed by atoms with Gasteiger partial charge in [0.05, 0.1) is 24.2 Å². The summed E-state index contributed by atoms with van der Waals surface area (Å²) < 4.78 is 50.7. The molecule has 2 aromatic carbocycles. The molecule has 0 bridgehead atoms. The molecule has 3 rings (SSSR count). The Morgan fingerprint density at radius 1 is 1.20 bits per heavy atom. The highest BCUT2D eigenvalue weighted by molar-refractivity contribution is 7.89. The largest absolute Gasteiger partial charge is 0.484 e. The van der Waals surface area contributed by atoms with Crippen LogP contribution in [0.5, 0.6) is 5.75 Å². The predicted octanol–water partition coefficient (Wildman–Crippen LogP) is 2.41. The molecule has 0 radical (unpaired) electrons. The molecule has 0 aromatic heterocycles. The topological polar surface area (TPSA) is 84.9 Å². The summed E-state index contributed by atoms with van der Waals surface area (Å²) in [6.45, 7) is 4.71. The Balaban J connectivity index is 1.59. The van der Waals surface area contributed by atoms with Gasteiger partial charge in [-0.2, -0.15) is 4.31 Å². The lowest BCUT2D eigenvalue weighted by atomic mass is 10.1. The zero-order valence-electron chi connectivity index (χ0n) is 16.9. The van der Waals surface area contributed by atoms with Gasteiger partial charge in [0.25, 0.3) is 5.91 Å². The third kappa shape index (κ3) is 5.35. The van der Waals surface area contributed by atoms with E-state index in [9.17, 15) is 17.6 Å². The Morgan fingerprint density at radius 2 is 1.87 bits per heavy atom. The lowest BCUT2D eigenvalue weighted by molar-refractivity contribution is -0.123. The molecule has 30 heavy (non-hydrogen) atoms. The maximum atomic E-state index is 13.0. The molecule has 9 heteroatoms. The van der Waals surface area contributed by atoms with E-state index >= 15 is 0 Å². The lowest BCUT2D eigenvalue weighted by Gasteiger charge is -2.26. The smallest absolute Gasteiger partial charge is 0.258 e. The van der Waals surface area contributed by atoms with Crippen LogP contribution in [-0.4, -0.2) is 51.5 Å². The zero-order chi connectivity index (χ0) is 21.7. The Hall–Kier alpha value is -2.49. The molecule has 2 aromatic rings. The van der Waals surface area contributed by atoms with Crippen molar-refractivity contribution in [2.75, 3.05) is 32.9 Å². The number of aryl methyl sites for hydroxylation is 1.